The molecule has 1 heterocycles. The van der Waals surface area contributed by atoms with E-state index < -0.39 is 0 Å². The molecule has 31 heavy (non-hydrogen) atoms. The summed E-state index contributed by atoms with van der Waals surface area (Å²) in [5, 5.41) is 3.07. The fraction of sp³-hybridized carbons (Fsp3) is 0.458. The lowest BCUT2D eigenvalue weighted by Gasteiger charge is -2.27. The van der Waals surface area contributed by atoms with Crippen LogP contribution in [0, 0.1) is 0 Å². The van der Waals surface area contributed by atoms with Crippen LogP contribution in [0.4, 0.5) is 0 Å². The van der Waals surface area contributed by atoms with Gasteiger partial charge in [0.05, 0.1) is 34.0 Å². The van der Waals surface area contributed by atoms with Gasteiger partial charge in [0.1, 0.15) is 0 Å². The molecule has 0 aromatic heterocycles. The molecule has 1 fully saturated rings. The third kappa shape index (κ3) is 6.95. The Morgan fingerprint density at radius 1 is 1.06 bits per heavy atom. The Labute approximate surface area is 184 Å². The van der Waals surface area contributed by atoms with Crippen LogP contribution in [0.15, 0.2) is 42.5 Å². The molecule has 0 unspecified atom stereocenters. The number of likely N-dealkylation sites (N-methyl/N-ethyl adjacent to an activating group) is 1. The summed E-state index contributed by atoms with van der Waals surface area (Å²) in [6, 6.07) is 14.1. The van der Waals surface area contributed by atoms with Crippen molar-refractivity contribution in [1.82, 2.24) is 15.1 Å². The highest BCUT2D eigenvalue weighted by atomic mass is 16.5. The van der Waals surface area contributed by atoms with Crippen molar-refractivity contribution in [2.45, 2.75) is 19.6 Å². The van der Waals surface area contributed by atoms with Gasteiger partial charge in [0.25, 0.3) is 0 Å². The van der Waals surface area contributed by atoms with Gasteiger partial charge < -0.3 is 19.5 Å². The Hall–Kier alpha value is -2.61. The van der Waals surface area contributed by atoms with Crippen LogP contribution in [0.5, 0.6) is 11.5 Å². The number of benzene rings is 2. The summed E-state index contributed by atoms with van der Waals surface area (Å²) in [5.74, 6) is 1.39. The number of morpholine rings is 1. The maximum absolute atomic E-state index is 12.5. The van der Waals surface area contributed by atoms with Crippen molar-refractivity contribution in [2.24, 2.45) is 0 Å². The second kappa shape index (κ2) is 11.7. The molecule has 1 aliphatic heterocycles. The minimum absolute atomic E-state index is 0.00384. The van der Waals surface area contributed by atoms with Gasteiger partial charge in [0.2, 0.25) is 5.91 Å². The Balaban J connectivity index is 1.50. The highest BCUT2D eigenvalue weighted by Gasteiger charge is 2.14. The molecule has 2 aromatic carbocycles. The molecule has 3 rings (SSSR count). The second-order valence-electron chi connectivity index (χ2n) is 7.80. The van der Waals surface area contributed by atoms with Gasteiger partial charge in [-0.3, -0.25) is 14.6 Å². The minimum Gasteiger partial charge on any atom is -0.493 e. The number of carbonyl (C=O) groups is 1. The van der Waals surface area contributed by atoms with Crippen molar-refractivity contribution in [1.29, 1.82) is 0 Å². The SMILES string of the molecule is COc1ccc(CN(C)CC(=O)NCc2ccccc2CN2CCOCC2)cc1OC. The normalized spacial score (nSPS) is 14.5. The summed E-state index contributed by atoms with van der Waals surface area (Å²) < 4.78 is 16.1. The summed E-state index contributed by atoms with van der Waals surface area (Å²) in [7, 11) is 5.17. The van der Waals surface area contributed by atoms with Crippen LogP contribution in [-0.4, -0.2) is 69.8 Å². The van der Waals surface area contributed by atoms with Crippen molar-refractivity contribution >= 4 is 5.91 Å². The van der Waals surface area contributed by atoms with E-state index in [-0.39, 0.29) is 5.91 Å². The van der Waals surface area contributed by atoms with E-state index in [2.05, 4.69) is 28.4 Å². The van der Waals surface area contributed by atoms with E-state index in [0.29, 0.717) is 31.1 Å². The van der Waals surface area contributed by atoms with E-state index in [0.717, 1.165) is 44.0 Å². The quantitative estimate of drug-likeness (QED) is 0.628. The topological polar surface area (TPSA) is 63.3 Å². The van der Waals surface area contributed by atoms with Gasteiger partial charge >= 0.3 is 0 Å². The Morgan fingerprint density at radius 3 is 2.48 bits per heavy atom. The Morgan fingerprint density at radius 2 is 1.77 bits per heavy atom. The van der Waals surface area contributed by atoms with Crippen LogP contribution in [0.2, 0.25) is 0 Å². The average Bonchev–Trinajstić information content (AvgIpc) is 2.79. The molecule has 0 atom stereocenters. The number of hydrogen-bond donors (Lipinski definition) is 1. The van der Waals surface area contributed by atoms with Crippen molar-refractivity contribution in [2.75, 3.05) is 54.1 Å². The number of ether oxygens (including phenoxy) is 3. The zero-order valence-corrected chi connectivity index (χ0v) is 18.7. The number of carbonyl (C=O) groups excluding carboxylic acids is 1. The van der Waals surface area contributed by atoms with E-state index in [4.69, 9.17) is 14.2 Å². The largest absolute Gasteiger partial charge is 0.493 e. The predicted molar refractivity (Wildman–Crippen MR) is 120 cm³/mol. The highest BCUT2D eigenvalue weighted by Crippen LogP contribution is 2.27. The fourth-order valence-electron chi connectivity index (χ4n) is 3.73. The number of amides is 1. The molecule has 1 aliphatic rings. The molecular weight excluding hydrogens is 394 g/mol. The highest BCUT2D eigenvalue weighted by molar-refractivity contribution is 5.78. The van der Waals surface area contributed by atoms with E-state index in [1.807, 2.05) is 36.2 Å². The summed E-state index contributed by atoms with van der Waals surface area (Å²) in [6.07, 6.45) is 0. The van der Waals surface area contributed by atoms with Gasteiger partial charge in [-0.15, -0.1) is 0 Å². The van der Waals surface area contributed by atoms with Gasteiger partial charge in [0.15, 0.2) is 11.5 Å². The summed E-state index contributed by atoms with van der Waals surface area (Å²) in [5.41, 5.74) is 3.47. The first-order chi connectivity index (χ1) is 15.1. The first kappa shape index (κ1) is 23.1. The van der Waals surface area contributed by atoms with Gasteiger partial charge in [-0.2, -0.15) is 0 Å². The average molecular weight is 428 g/mol. The van der Waals surface area contributed by atoms with Crippen molar-refractivity contribution in [3.05, 3.63) is 59.2 Å². The molecular formula is C24H33N3O4. The molecule has 1 saturated heterocycles. The smallest absolute Gasteiger partial charge is 0.234 e. The first-order valence-electron chi connectivity index (χ1n) is 10.6. The summed E-state index contributed by atoms with van der Waals surface area (Å²) in [6.45, 7) is 5.83. The van der Waals surface area contributed by atoms with E-state index >= 15 is 0 Å². The molecule has 168 valence electrons. The molecule has 1 amide bonds. The molecule has 7 heteroatoms. The molecule has 0 spiro atoms. The van der Waals surface area contributed by atoms with Crippen LogP contribution in [0.3, 0.4) is 0 Å². The maximum atomic E-state index is 12.5. The molecule has 0 bridgehead atoms. The molecule has 0 radical (unpaired) electrons. The van der Waals surface area contributed by atoms with E-state index in [1.54, 1.807) is 14.2 Å². The molecule has 0 aliphatic carbocycles. The van der Waals surface area contributed by atoms with Crippen LogP contribution in [-0.2, 0) is 29.2 Å². The predicted octanol–water partition coefficient (Wildman–Crippen LogP) is 2.28. The molecule has 0 saturated carbocycles. The standard InChI is InChI=1S/C24H33N3O4/c1-26(16-19-8-9-22(29-2)23(14-19)30-3)18-24(28)25-15-20-6-4-5-7-21(20)17-27-10-12-31-13-11-27/h4-9,14H,10-13,15-18H2,1-3H3,(H,25,28). The lowest BCUT2D eigenvalue weighted by molar-refractivity contribution is -0.122. The number of hydrogen-bond acceptors (Lipinski definition) is 6. The number of nitrogens with zero attached hydrogens (tertiary/aromatic N) is 2. The lowest BCUT2D eigenvalue weighted by atomic mass is 10.1. The van der Waals surface area contributed by atoms with Gasteiger partial charge in [-0.1, -0.05) is 30.3 Å². The molecule has 2 aromatic rings. The number of nitrogens with one attached hydrogen (secondary N) is 1. The second-order valence-corrected chi connectivity index (χ2v) is 7.80. The number of methoxy groups -OCH3 is 2. The van der Waals surface area contributed by atoms with Crippen LogP contribution < -0.4 is 14.8 Å². The first-order valence-corrected chi connectivity index (χ1v) is 10.6. The van der Waals surface area contributed by atoms with Crippen molar-refractivity contribution in [3.63, 3.8) is 0 Å². The lowest BCUT2D eigenvalue weighted by Crippen LogP contribution is -2.36. The summed E-state index contributed by atoms with van der Waals surface area (Å²) in [4.78, 5) is 16.9. The summed E-state index contributed by atoms with van der Waals surface area (Å²) >= 11 is 0. The van der Waals surface area contributed by atoms with Gasteiger partial charge in [-0.25, -0.2) is 0 Å². The van der Waals surface area contributed by atoms with E-state index in [9.17, 15) is 4.79 Å². The van der Waals surface area contributed by atoms with Crippen LogP contribution >= 0.6 is 0 Å². The molecule has 7 nitrogen and oxygen atoms in total. The monoisotopic (exact) mass is 427 g/mol. The molecule has 1 N–H and O–H groups in total. The third-order valence-corrected chi connectivity index (χ3v) is 5.41. The Bertz CT molecular complexity index is 852. The van der Waals surface area contributed by atoms with Crippen molar-refractivity contribution in [3.8, 4) is 11.5 Å². The minimum atomic E-state index is 0.00384. The van der Waals surface area contributed by atoms with Crippen LogP contribution in [0.1, 0.15) is 16.7 Å². The van der Waals surface area contributed by atoms with Gasteiger partial charge in [-0.05, 0) is 35.9 Å². The van der Waals surface area contributed by atoms with Gasteiger partial charge in [0, 0.05) is 32.7 Å². The van der Waals surface area contributed by atoms with E-state index in [1.165, 1.54) is 5.56 Å². The zero-order valence-electron chi connectivity index (χ0n) is 18.7. The van der Waals surface area contributed by atoms with Crippen molar-refractivity contribution < 1.29 is 19.0 Å². The zero-order chi connectivity index (χ0) is 22.1. The number of rotatable bonds is 10. The fourth-order valence-corrected chi connectivity index (χ4v) is 3.73. The Kier molecular flexibility index (Phi) is 8.70. The third-order valence-electron chi connectivity index (χ3n) is 5.41. The maximum Gasteiger partial charge on any atom is 0.234 e. The van der Waals surface area contributed by atoms with Crippen LogP contribution in [0.25, 0.3) is 0 Å².